The van der Waals surface area contributed by atoms with Crippen molar-refractivity contribution in [3.05, 3.63) is 48.4 Å². The van der Waals surface area contributed by atoms with Gasteiger partial charge in [-0.05, 0) is 56.1 Å². The van der Waals surface area contributed by atoms with Crippen LogP contribution in [0.5, 0.6) is 0 Å². The fourth-order valence-electron chi connectivity index (χ4n) is 5.65. The number of hydrogen-bond acceptors (Lipinski definition) is 10. The molecular weight excluding hydrogens is 557 g/mol. The molecule has 3 atom stereocenters. The fraction of sp³-hybridized carbons (Fsp3) is 0.400. The van der Waals surface area contributed by atoms with Crippen molar-refractivity contribution in [2.45, 2.75) is 35.9 Å². The van der Waals surface area contributed by atoms with Gasteiger partial charge in [-0.25, -0.2) is 27.2 Å². The molecule has 2 amide bonds. The third-order valence-corrected chi connectivity index (χ3v) is 10.7. The van der Waals surface area contributed by atoms with Crippen LogP contribution in [0.2, 0.25) is 0 Å². The molecule has 2 fully saturated rings. The van der Waals surface area contributed by atoms with E-state index in [4.69, 9.17) is 0 Å². The van der Waals surface area contributed by atoms with Crippen LogP contribution in [0.3, 0.4) is 0 Å². The van der Waals surface area contributed by atoms with Crippen LogP contribution in [0.25, 0.3) is 11.0 Å². The summed E-state index contributed by atoms with van der Waals surface area (Å²) in [4.78, 5) is 30.2. The molecule has 4 heterocycles. The van der Waals surface area contributed by atoms with Gasteiger partial charge in [-0.15, -0.1) is 0 Å². The second-order valence-electron chi connectivity index (χ2n) is 10.0. The number of anilines is 2. The highest BCUT2D eigenvalue weighted by Gasteiger charge is 2.44. The molecule has 4 aromatic rings. The Bertz CT molecular complexity index is 1620. The van der Waals surface area contributed by atoms with E-state index >= 15 is 0 Å². The Morgan fingerprint density at radius 2 is 1.85 bits per heavy atom. The summed E-state index contributed by atoms with van der Waals surface area (Å²) < 4.78 is 32.1. The zero-order valence-electron chi connectivity index (χ0n) is 21.7. The third-order valence-electron chi connectivity index (χ3n) is 7.70. The fourth-order valence-corrected chi connectivity index (χ4v) is 8.07. The van der Waals surface area contributed by atoms with Crippen LogP contribution >= 0.6 is 23.3 Å². The van der Waals surface area contributed by atoms with E-state index in [1.807, 2.05) is 25.1 Å². The van der Waals surface area contributed by atoms with Gasteiger partial charge in [0.2, 0.25) is 10.3 Å². The molecule has 1 aromatic carbocycles. The van der Waals surface area contributed by atoms with Crippen LogP contribution in [0.15, 0.2) is 52.9 Å². The van der Waals surface area contributed by atoms with E-state index in [9.17, 15) is 13.2 Å². The van der Waals surface area contributed by atoms with E-state index in [1.54, 1.807) is 36.5 Å². The highest BCUT2D eigenvalue weighted by molar-refractivity contribution is 7.98. The number of thioether (sulfide) groups is 1. The second kappa shape index (κ2) is 10.1. The maximum Gasteiger partial charge on any atom is 0.323 e. The monoisotopic (exact) mass is 584 g/mol. The molecule has 39 heavy (non-hydrogen) atoms. The molecule has 204 valence electrons. The van der Waals surface area contributed by atoms with Gasteiger partial charge in [0.15, 0.2) is 5.65 Å². The summed E-state index contributed by atoms with van der Waals surface area (Å²) in [7, 11) is -1.79. The van der Waals surface area contributed by atoms with Crippen molar-refractivity contribution < 1.29 is 13.2 Å². The zero-order chi connectivity index (χ0) is 27.3. The highest BCUT2D eigenvalue weighted by Crippen LogP contribution is 2.42. The molecule has 6 rings (SSSR count). The second-order valence-corrected chi connectivity index (χ2v) is 13.4. The average molecular weight is 585 g/mol. The molecule has 11 nitrogen and oxygen atoms in total. The summed E-state index contributed by atoms with van der Waals surface area (Å²) in [6, 6.07) is 8.66. The van der Waals surface area contributed by atoms with Crippen LogP contribution < -0.4 is 10.2 Å². The molecule has 1 aliphatic carbocycles. The number of carbonyl (C=O) groups excluding carboxylic acids is 1. The molecule has 0 spiro atoms. The van der Waals surface area contributed by atoms with Gasteiger partial charge < -0.3 is 9.80 Å². The molecule has 1 aliphatic heterocycles. The molecule has 1 saturated heterocycles. The smallest absolute Gasteiger partial charge is 0.323 e. The Kier molecular flexibility index (Phi) is 6.71. The lowest BCUT2D eigenvalue weighted by atomic mass is 10.0. The van der Waals surface area contributed by atoms with E-state index in [-0.39, 0.29) is 17.0 Å². The summed E-state index contributed by atoms with van der Waals surface area (Å²) in [5.41, 5.74) is 1.35. The lowest BCUT2D eigenvalue weighted by molar-refractivity contribution is 0.218. The van der Waals surface area contributed by atoms with Gasteiger partial charge in [-0.3, -0.25) is 5.32 Å². The van der Waals surface area contributed by atoms with Crippen molar-refractivity contribution in [3.63, 3.8) is 0 Å². The molecule has 14 heteroatoms. The molecular formula is C25H28N8O3S3. The van der Waals surface area contributed by atoms with E-state index in [0.717, 1.165) is 18.4 Å². The van der Waals surface area contributed by atoms with Gasteiger partial charge >= 0.3 is 6.03 Å². The number of urea groups is 1. The maximum absolute atomic E-state index is 13.4. The summed E-state index contributed by atoms with van der Waals surface area (Å²) in [5.74, 6) is 1.49. The number of rotatable bonds is 6. The van der Waals surface area contributed by atoms with E-state index in [0.29, 0.717) is 52.1 Å². The predicted molar refractivity (Wildman–Crippen MR) is 152 cm³/mol. The molecule has 1 unspecified atom stereocenters. The Hall–Kier alpha value is -3.23. The van der Waals surface area contributed by atoms with Crippen molar-refractivity contribution in [1.29, 1.82) is 0 Å². The van der Waals surface area contributed by atoms with Crippen LogP contribution in [0, 0.1) is 18.8 Å². The van der Waals surface area contributed by atoms with Gasteiger partial charge in [-0.1, -0.05) is 29.5 Å². The topological polar surface area (TPSA) is 126 Å². The molecule has 3 aromatic heterocycles. The number of aromatic nitrogens is 5. The average Bonchev–Trinajstić information content (AvgIpc) is 3.71. The highest BCUT2D eigenvalue weighted by atomic mass is 32.2. The number of carbonyl (C=O) groups is 1. The summed E-state index contributed by atoms with van der Waals surface area (Å²) >= 11 is 2.63. The number of benzene rings is 1. The van der Waals surface area contributed by atoms with Gasteiger partial charge in [-0.2, -0.15) is 9.36 Å². The standard InChI is InChI=1S/C25H28N8O3S3/c1-15-4-6-19(7-5-15)39(35,36)33-9-8-20-21(26-14-27-22(20)33)31(2)18-10-16-12-32(13-17(16)11-18)25(34)29-23-28-24(37-3)30-38-23/h4-9,14,16-18H,10-13H2,1-3H3,(H,28,29,30,34)/t16-,17+,18?. The SMILES string of the molecule is CSc1nsc(NC(=O)N2C[C@H]3CC(N(C)c4ncnc5c4ccn5S(=O)(=O)c4ccc(C)cc4)C[C@H]3C2)n1. The molecule has 2 aliphatic rings. The largest absolute Gasteiger partial charge is 0.356 e. The van der Waals surface area contributed by atoms with E-state index < -0.39 is 10.0 Å². The summed E-state index contributed by atoms with van der Waals surface area (Å²) in [6.07, 6.45) is 6.72. The summed E-state index contributed by atoms with van der Waals surface area (Å²) in [5, 5.41) is 4.74. The van der Waals surface area contributed by atoms with E-state index in [2.05, 4.69) is 29.5 Å². The Morgan fingerprint density at radius 1 is 1.13 bits per heavy atom. The van der Waals surface area contributed by atoms with Crippen molar-refractivity contribution in [1.82, 2.24) is 28.2 Å². The Labute approximate surface area is 234 Å². The first-order chi connectivity index (χ1) is 18.7. The first kappa shape index (κ1) is 26.0. The minimum atomic E-state index is -3.79. The summed E-state index contributed by atoms with van der Waals surface area (Å²) in [6.45, 7) is 3.31. The first-order valence-electron chi connectivity index (χ1n) is 12.6. The van der Waals surface area contributed by atoms with Gasteiger partial charge in [0.1, 0.15) is 12.1 Å². The third kappa shape index (κ3) is 4.74. The quantitative estimate of drug-likeness (QED) is 0.336. The zero-order valence-corrected chi connectivity index (χ0v) is 24.1. The van der Waals surface area contributed by atoms with E-state index in [1.165, 1.54) is 33.6 Å². The van der Waals surface area contributed by atoms with Gasteiger partial charge in [0.05, 0.1) is 10.3 Å². The predicted octanol–water partition coefficient (Wildman–Crippen LogP) is 3.93. The van der Waals surface area contributed by atoms with Crippen molar-refractivity contribution in [3.8, 4) is 0 Å². The normalized spacial score (nSPS) is 20.9. The lowest BCUT2D eigenvalue weighted by Gasteiger charge is -2.28. The number of nitrogens with zero attached hydrogens (tertiary/aromatic N) is 7. The number of fused-ring (bicyclic) bond motifs is 2. The lowest BCUT2D eigenvalue weighted by Crippen LogP contribution is -2.36. The minimum absolute atomic E-state index is 0.133. The molecule has 0 radical (unpaired) electrons. The number of aryl methyl sites for hydroxylation is 1. The van der Waals surface area contributed by atoms with Crippen LogP contribution in [0.4, 0.5) is 15.7 Å². The van der Waals surface area contributed by atoms with Crippen LogP contribution in [-0.4, -0.2) is 75.1 Å². The van der Waals surface area contributed by atoms with Crippen LogP contribution in [0.1, 0.15) is 18.4 Å². The van der Waals surface area contributed by atoms with Crippen molar-refractivity contribution in [2.24, 2.45) is 11.8 Å². The number of hydrogen-bond donors (Lipinski definition) is 1. The van der Waals surface area contributed by atoms with Gasteiger partial charge in [0, 0.05) is 43.9 Å². The Morgan fingerprint density at radius 3 is 2.51 bits per heavy atom. The van der Waals surface area contributed by atoms with Gasteiger partial charge in [0.25, 0.3) is 10.0 Å². The molecule has 0 bridgehead atoms. The number of nitrogens with one attached hydrogen (secondary N) is 1. The maximum atomic E-state index is 13.4. The molecule has 1 N–H and O–H groups in total. The molecule has 1 saturated carbocycles. The van der Waals surface area contributed by atoms with Crippen LogP contribution in [-0.2, 0) is 10.0 Å². The van der Waals surface area contributed by atoms with Crippen molar-refractivity contribution >= 4 is 61.3 Å². The first-order valence-corrected chi connectivity index (χ1v) is 16.0. The minimum Gasteiger partial charge on any atom is -0.356 e. The number of amides is 2. The van der Waals surface area contributed by atoms with Crippen molar-refractivity contribution in [2.75, 3.05) is 36.6 Å². The number of likely N-dealkylation sites (tertiary alicyclic amines) is 1. The Balaban J connectivity index is 1.16.